The van der Waals surface area contributed by atoms with Crippen molar-refractivity contribution in [2.24, 2.45) is 4.99 Å². The van der Waals surface area contributed by atoms with E-state index in [2.05, 4.69) is 15.3 Å². The fourth-order valence-corrected chi connectivity index (χ4v) is 5.72. The zero-order valence-corrected chi connectivity index (χ0v) is 24.0. The Labute approximate surface area is 252 Å². The van der Waals surface area contributed by atoms with Crippen LogP contribution in [-0.4, -0.2) is 64.8 Å². The molecule has 230 valence electrons. The lowest BCUT2D eigenvalue weighted by atomic mass is 9.91. The first-order valence-corrected chi connectivity index (χ1v) is 14.4. The minimum Gasteiger partial charge on any atom is -0.449 e. The van der Waals surface area contributed by atoms with Crippen LogP contribution in [0.5, 0.6) is 0 Å². The Morgan fingerprint density at radius 1 is 1.20 bits per heavy atom. The molecule has 0 spiro atoms. The average Bonchev–Trinajstić information content (AvgIpc) is 3.01. The fraction of sp³-hybridized carbons (Fsp3) is 0.419. The van der Waals surface area contributed by atoms with Gasteiger partial charge in [0, 0.05) is 49.9 Å². The minimum absolute atomic E-state index is 0.0123. The number of dihydropyridines is 1. The predicted octanol–water partition coefficient (Wildman–Crippen LogP) is 4.76. The monoisotopic (exact) mass is 608 g/mol. The zero-order chi connectivity index (χ0) is 31.4. The number of aromatic nitrogens is 1. The second-order valence-electron chi connectivity index (χ2n) is 11.0. The van der Waals surface area contributed by atoms with Gasteiger partial charge in [-0.3, -0.25) is 24.5 Å². The van der Waals surface area contributed by atoms with Crippen molar-refractivity contribution in [2.75, 3.05) is 18.1 Å². The zero-order valence-electron chi connectivity index (χ0n) is 24.0. The quantitative estimate of drug-likeness (QED) is 0.504. The van der Waals surface area contributed by atoms with Gasteiger partial charge >= 0.3 is 6.09 Å². The molecule has 5 rings (SSSR count). The van der Waals surface area contributed by atoms with Crippen molar-refractivity contribution in [3.8, 4) is 6.07 Å². The van der Waals surface area contributed by atoms with Crippen molar-refractivity contribution in [3.05, 3.63) is 71.3 Å². The first-order chi connectivity index (χ1) is 21.1. The van der Waals surface area contributed by atoms with Crippen molar-refractivity contribution < 1.29 is 32.3 Å². The Kier molecular flexibility index (Phi) is 8.98. The lowest BCUT2D eigenvalue weighted by Crippen LogP contribution is -2.58. The first-order valence-electron chi connectivity index (χ1n) is 14.4. The number of pyridine rings is 1. The number of aryl methyl sites for hydroxylation is 1. The van der Waals surface area contributed by atoms with E-state index < -0.39 is 47.8 Å². The van der Waals surface area contributed by atoms with Crippen LogP contribution < -0.4 is 10.2 Å². The van der Waals surface area contributed by atoms with E-state index in [4.69, 9.17) is 4.74 Å². The molecule has 3 aliphatic rings. The van der Waals surface area contributed by atoms with Crippen molar-refractivity contribution >= 4 is 29.4 Å². The third-order valence-electron chi connectivity index (χ3n) is 8.02. The summed E-state index contributed by atoms with van der Waals surface area (Å²) < 4.78 is 47.6. The van der Waals surface area contributed by atoms with Crippen LogP contribution in [-0.2, 0) is 14.3 Å². The Bertz CT molecular complexity index is 1540. The summed E-state index contributed by atoms with van der Waals surface area (Å²) >= 11 is 0. The third kappa shape index (κ3) is 6.59. The number of cyclic esters (lactones) is 1. The molecule has 0 radical (unpaired) electrons. The van der Waals surface area contributed by atoms with Crippen LogP contribution in [0.2, 0.25) is 0 Å². The fourth-order valence-electron chi connectivity index (χ4n) is 5.72. The van der Waals surface area contributed by atoms with Crippen molar-refractivity contribution in [1.82, 2.24) is 15.2 Å². The highest BCUT2D eigenvalue weighted by atomic mass is 19.3. The third-order valence-corrected chi connectivity index (χ3v) is 8.02. The molecule has 10 nitrogen and oxygen atoms in total. The number of aliphatic imine (C=N–C) groups is 1. The molecule has 1 unspecified atom stereocenters. The number of rotatable bonds is 6. The second kappa shape index (κ2) is 12.9. The molecule has 13 heteroatoms. The van der Waals surface area contributed by atoms with Gasteiger partial charge in [-0.05, 0) is 37.0 Å². The van der Waals surface area contributed by atoms with Gasteiger partial charge in [-0.1, -0.05) is 24.3 Å². The van der Waals surface area contributed by atoms with E-state index in [9.17, 15) is 32.8 Å². The number of amides is 3. The number of carbonyl (C=O) groups is 3. The van der Waals surface area contributed by atoms with Crippen LogP contribution in [0.4, 0.5) is 23.7 Å². The summed E-state index contributed by atoms with van der Waals surface area (Å²) in [6.45, 7) is 1.85. The smallest absolute Gasteiger partial charge is 0.416 e. The number of carbonyl (C=O) groups excluding carboxylic acids is 3. The number of ether oxygens (including phenoxy) is 1. The maximum Gasteiger partial charge on any atom is 0.416 e. The van der Waals surface area contributed by atoms with Gasteiger partial charge in [0.25, 0.3) is 5.91 Å². The highest BCUT2D eigenvalue weighted by molar-refractivity contribution is 6.11. The molecule has 1 saturated heterocycles. The van der Waals surface area contributed by atoms with Gasteiger partial charge in [0.15, 0.2) is 0 Å². The SMILES string of the molecule is Cc1ccccc1[C@@H](C(=O)NC1CCC(F)(F)CC1)N(C(=O)C1CCOC(=O)N1C1=NCCC(C#N)=C1)c1cncc(F)c1. The number of amidine groups is 1. The maximum atomic E-state index is 14.7. The number of alkyl halides is 2. The second-order valence-corrected chi connectivity index (χ2v) is 11.0. The summed E-state index contributed by atoms with van der Waals surface area (Å²) in [5, 5.41) is 12.3. The predicted molar refractivity (Wildman–Crippen MR) is 153 cm³/mol. The molecule has 2 atom stereocenters. The summed E-state index contributed by atoms with van der Waals surface area (Å²) in [6.07, 6.45) is 2.43. The Morgan fingerprint density at radius 3 is 2.66 bits per heavy atom. The van der Waals surface area contributed by atoms with Crippen LogP contribution in [0.25, 0.3) is 0 Å². The molecule has 1 saturated carbocycles. The summed E-state index contributed by atoms with van der Waals surface area (Å²) in [6, 6.07) is 6.77. The van der Waals surface area contributed by atoms with Gasteiger partial charge in [-0.15, -0.1) is 0 Å². The van der Waals surface area contributed by atoms with Crippen LogP contribution in [0.1, 0.15) is 55.7 Å². The summed E-state index contributed by atoms with van der Waals surface area (Å²) in [7, 11) is 0. The summed E-state index contributed by atoms with van der Waals surface area (Å²) in [4.78, 5) is 52.3. The number of hydrogen-bond donors (Lipinski definition) is 1. The van der Waals surface area contributed by atoms with Crippen molar-refractivity contribution in [3.63, 3.8) is 0 Å². The number of anilines is 1. The normalized spacial score (nSPS) is 20.8. The van der Waals surface area contributed by atoms with E-state index in [-0.39, 0.29) is 56.8 Å². The molecule has 2 aromatic rings. The molecular weight excluding hydrogens is 577 g/mol. The number of hydrogen-bond acceptors (Lipinski definition) is 7. The molecule has 3 heterocycles. The van der Waals surface area contributed by atoms with Crippen molar-refractivity contribution in [2.45, 2.75) is 69.5 Å². The molecule has 3 amide bonds. The van der Waals surface area contributed by atoms with Crippen LogP contribution in [0.3, 0.4) is 0 Å². The van der Waals surface area contributed by atoms with E-state index in [1.165, 1.54) is 12.3 Å². The molecular formula is C31H31F3N6O4. The lowest BCUT2D eigenvalue weighted by molar-refractivity contribution is -0.130. The van der Waals surface area contributed by atoms with Crippen molar-refractivity contribution in [1.29, 1.82) is 5.26 Å². The standard InChI is InChI=1S/C31H31F3N6O4/c1-19-4-2-3-5-24(19)27(28(41)38-22-6-10-31(33,34)11-7-22)39(23-15-21(32)17-36-18-23)29(42)25-9-13-44-30(43)40(25)26-14-20(16-35)8-12-37-26/h2-5,14-15,17-18,22,25,27H,6-13H2,1H3,(H,38,41)/t25?,27-/m0/s1. The van der Waals surface area contributed by atoms with E-state index in [0.29, 0.717) is 23.1 Å². The molecule has 1 aliphatic carbocycles. The first kappa shape index (κ1) is 30.7. The largest absolute Gasteiger partial charge is 0.449 e. The van der Waals surface area contributed by atoms with Crippen LogP contribution >= 0.6 is 0 Å². The number of nitrogens with zero attached hydrogens (tertiary/aromatic N) is 5. The Balaban J connectivity index is 1.59. The molecule has 2 fully saturated rings. The maximum absolute atomic E-state index is 14.7. The van der Waals surface area contributed by atoms with Gasteiger partial charge in [0.1, 0.15) is 23.7 Å². The highest BCUT2D eigenvalue weighted by Crippen LogP contribution is 2.36. The topological polar surface area (TPSA) is 128 Å². The molecule has 44 heavy (non-hydrogen) atoms. The Morgan fingerprint density at radius 2 is 1.95 bits per heavy atom. The lowest BCUT2D eigenvalue weighted by Gasteiger charge is -2.40. The van der Waals surface area contributed by atoms with Crippen LogP contribution in [0.15, 0.2) is 59.4 Å². The van der Waals surface area contributed by atoms with Crippen LogP contribution in [0, 0.1) is 24.1 Å². The van der Waals surface area contributed by atoms with Gasteiger partial charge < -0.3 is 10.1 Å². The number of benzene rings is 1. The Hall–Kier alpha value is -4.73. The number of nitriles is 1. The summed E-state index contributed by atoms with van der Waals surface area (Å²) in [5.74, 6) is -4.91. The number of nitrogens with one attached hydrogen (secondary N) is 1. The minimum atomic E-state index is -2.81. The molecule has 2 aliphatic heterocycles. The van der Waals surface area contributed by atoms with E-state index >= 15 is 0 Å². The molecule has 1 aromatic heterocycles. The van der Waals surface area contributed by atoms with E-state index in [0.717, 1.165) is 22.1 Å². The van der Waals surface area contributed by atoms with Gasteiger partial charge in [-0.25, -0.2) is 22.9 Å². The van der Waals surface area contributed by atoms with Gasteiger partial charge in [0.2, 0.25) is 11.8 Å². The van der Waals surface area contributed by atoms with E-state index in [1.807, 2.05) is 6.07 Å². The highest BCUT2D eigenvalue weighted by Gasteiger charge is 2.45. The van der Waals surface area contributed by atoms with E-state index in [1.54, 1.807) is 31.2 Å². The summed E-state index contributed by atoms with van der Waals surface area (Å²) in [5.41, 5.74) is 1.37. The molecule has 1 N–H and O–H groups in total. The molecule has 1 aromatic carbocycles. The average molecular weight is 609 g/mol. The number of halogens is 3. The van der Waals surface area contributed by atoms with Gasteiger partial charge in [0.05, 0.1) is 30.8 Å². The van der Waals surface area contributed by atoms with Gasteiger partial charge in [-0.2, -0.15) is 5.26 Å². The molecule has 0 bridgehead atoms.